The number of hydrogen-bond donors (Lipinski definition) is 2. The second kappa shape index (κ2) is 6.57. The molecule has 0 saturated heterocycles. The van der Waals surface area contributed by atoms with Crippen LogP contribution in [0, 0.1) is 12.3 Å². The number of terminal acetylenes is 1. The fourth-order valence-electron chi connectivity index (χ4n) is 1.24. The van der Waals surface area contributed by atoms with Gasteiger partial charge in [-0.25, -0.2) is 4.79 Å². The van der Waals surface area contributed by atoms with E-state index in [1.807, 2.05) is 0 Å². The molecule has 0 aliphatic rings. The van der Waals surface area contributed by atoms with Crippen LogP contribution < -0.4 is 5.32 Å². The van der Waals surface area contributed by atoms with Crippen molar-refractivity contribution in [3.8, 4) is 12.3 Å². The Hall–Kier alpha value is -1.32. The third-order valence-corrected chi connectivity index (χ3v) is 2.97. The number of carboxylic acids is 1. The summed E-state index contributed by atoms with van der Waals surface area (Å²) in [6, 6.07) is 3.87. The van der Waals surface area contributed by atoms with Gasteiger partial charge >= 0.3 is 5.97 Å². The maximum absolute atomic E-state index is 11.9. The predicted octanol–water partition coefficient (Wildman–Crippen LogP) is 2.42. The number of halogens is 2. The molecule has 0 aromatic heterocycles. The first-order chi connectivity index (χ1) is 8.43. The van der Waals surface area contributed by atoms with Crippen molar-refractivity contribution in [3.05, 3.63) is 32.7 Å². The van der Waals surface area contributed by atoms with Gasteiger partial charge in [-0.15, -0.1) is 12.3 Å². The number of nitrogens with one attached hydrogen (secondary N) is 1. The van der Waals surface area contributed by atoms with Gasteiger partial charge in [0.2, 0.25) is 0 Å². The minimum absolute atomic E-state index is 0.0593. The van der Waals surface area contributed by atoms with E-state index in [0.717, 1.165) is 0 Å². The zero-order valence-corrected chi connectivity index (χ0v) is 12.3. The summed E-state index contributed by atoms with van der Waals surface area (Å²) in [6.07, 6.45) is 4.99. The topological polar surface area (TPSA) is 66.4 Å². The normalized spacial score (nSPS) is 11.4. The Labute approximate surface area is 121 Å². The molecular weight excluding hydrogens is 366 g/mol. The minimum atomic E-state index is -1.16. The SMILES string of the molecule is C#CC[C@H](NC(=O)c1cc(Br)cc(Br)c1)C(=O)O. The zero-order valence-electron chi connectivity index (χ0n) is 9.11. The van der Waals surface area contributed by atoms with Gasteiger partial charge in [-0.2, -0.15) is 0 Å². The van der Waals surface area contributed by atoms with E-state index in [9.17, 15) is 9.59 Å². The summed E-state index contributed by atoms with van der Waals surface area (Å²) in [6.45, 7) is 0. The van der Waals surface area contributed by atoms with Gasteiger partial charge in [0.1, 0.15) is 6.04 Å². The third kappa shape index (κ3) is 4.17. The van der Waals surface area contributed by atoms with Crippen LogP contribution in [0.3, 0.4) is 0 Å². The fraction of sp³-hybridized carbons (Fsp3) is 0.167. The lowest BCUT2D eigenvalue weighted by Gasteiger charge is -2.12. The summed E-state index contributed by atoms with van der Waals surface area (Å²) in [7, 11) is 0. The number of carboxylic acid groups (broad SMARTS) is 1. The van der Waals surface area contributed by atoms with E-state index in [0.29, 0.717) is 14.5 Å². The average molecular weight is 375 g/mol. The van der Waals surface area contributed by atoms with E-state index in [1.165, 1.54) is 0 Å². The van der Waals surface area contributed by atoms with Crippen molar-refractivity contribution < 1.29 is 14.7 Å². The second-order valence-corrected chi connectivity index (χ2v) is 5.26. The van der Waals surface area contributed by atoms with Gasteiger partial charge < -0.3 is 10.4 Å². The fourth-order valence-corrected chi connectivity index (χ4v) is 2.54. The van der Waals surface area contributed by atoms with E-state index in [2.05, 4.69) is 43.1 Å². The minimum Gasteiger partial charge on any atom is -0.480 e. The Kier molecular flexibility index (Phi) is 5.38. The van der Waals surface area contributed by atoms with Crippen molar-refractivity contribution in [2.24, 2.45) is 0 Å². The monoisotopic (exact) mass is 373 g/mol. The zero-order chi connectivity index (χ0) is 13.7. The van der Waals surface area contributed by atoms with Crippen molar-refractivity contribution >= 4 is 43.7 Å². The standard InChI is InChI=1S/C12H9Br2NO3/c1-2-3-10(12(17)18)15-11(16)7-4-8(13)6-9(14)5-7/h1,4-6,10H,3H2,(H,15,16)(H,17,18)/t10-/m0/s1. The lowest BCUT2D eigenvalue weighted by atomic mass is 10.1. The molecule has 0 fully saturated rings. The van der Waals surface area contributed by atoms with E-state index in [4.69, 9.17) is 11.5 Å². The molecule has 18 heavy (non-hydrogen) atoms. The predicted molar refractivity (Wildman–Crippen MR) is 74.2 cm³/mol. The van der Waals surface area contributed by atoms with Crippen LogP contribution in [0.15, 0.2) is 27.1 Å². The molecule has 0 aliphatic carbocycles. The maximum Gasteiger partial charge on any atom is 0.327 e. The second-order valence-electron chi connectivity index (χ2n) is 3.43. The smallest absolute Gasteiger partial charge is 0.327 e. The Morgan fingerprint density at radius 1 is 1.33 bits per heavy atom. The van der Waals surface area contributed by atoms with Crippen molar-refractivity contribution in [2.45, 2.75) is 12.5 Å². The number of benzene rings is 1. The molecule has 0 radical (unpaired) electrons. The first-order valence-corrected chi connectivity index (χ1v) is 6.46. The van der Waals surface area contributed by atoms with Gasteiger partial charge in [0, 0.05) is 20.9 Å². The first-order valence-electron chi connectivity index (χ1n) is 4.87. The molecule has 0 spiro atoms. The summed E-state index contributed by atoms with van der Waals surface area (Å²) in [5.74, 6) is 0.571. The number of rotatable bonds is 4. The molecule has 0 bridgehead atoms. The van der Waals surface area contributed by atoms with E-state index in [1.54, 1.807) is 18.2 Å². The first kappa shape index (κ1) is 14.7. The Bertz CT molecular complexity index is 502. The largest absolute Gasteiger partial charge is 0.480 e. The molecule has 0 saturated carbocycles. The Morgan fingerprint density at radius 3 is 2.33 bits per heavy atom. The van der Waals surface area contributed by atoms with E-state index >= 15 is 0 Å². The van der Waals surface area contributed by atoms with E-state index < -0.39 is 17.9 Å². The molecule has 6 heteroatoms. The molecule has 1 amide bonds. The third-order valence-electron chi connectivity index (χ3n) is 2.05. The van der Waals surface area contributed by atoms with Gasteiger partial charge in [0.15, 0.2) is 0 Å². The highest BCUT2D eigenvalue weighted by Gasteiger charge is 2.19. The molecular formula is C12H9Br2NO3. The molecule has 0 heterocycles. The average Bonchev–Trinajstić information content (AvgIpc) is 2.26. The quantitative estimate of drug-likeness (QED) is 0.795. The van der Waals surface area contributed by atoms with Crippen LogP contribution in [-0.4, -0.2) is 23.0 Å². The summed E-state index contributed by atoms with van der Waals surface area (Å²) in [5.41, 5.74) is 0.347. The van der Waals surface area contributed by atoms with Gasteiger partial charge in [-0.05, 0) is 18.2 Å². The Balaban J connectivity index is 2.87. The lowest BCUT2D eigenvalue weighted by Crippen LogP contribution is -2.40. The van der Waals surface area contributed by atoms with Gasteiger partial charge in [-0.1, -0.05) is 31.9 Å². The van der Waals surface area contributed by atoms with Gasteiger partial charge in [0.25, 0.3) is 5.91 Å². The summed E-state index contributed by atoms with van der Waals surface area (Å²) < 4.78 is 1.43. The van der Waals surface area contributed by atoms with Gasteiger partial charge in [0.05, 0.1) is 0 Å². The van der Waals surface area contributed by atoms with Crippen molar-refractivity contribution in [2.75, 3.05) is 0 Å². The highest BCUT2D eigenvalue weighted by atomic mass is 79.9. The van der Waals surface area contributed by atoms with Crippen LogP contribution in [0.4, 0.5) is 0 Å². The molecule has 1 aromatic carbocycles. The van der Waals surface area contributed by atoms with Crippen LogP contribution in [-0.2, 0) is 4.79 Å². The van der Waals surface area contributed by atoms with Crippen LogP contribution in [0.25, 0.3) is 0 Å². The van der Waals surface area contributed by atoms with Crippen molar-refractivity contribution in [1.29, 1.82) is 0 Å². The van der Waals surface area contributed by atoms with Crippen LogP contribution in [0.5, 0.6) is 0 Å². The molecule has 0 unspecified atom stereocenters. The summed E-state index contributed by atoms with van der Waals surface area (Å²) in [4.78, 5) is 22.7. The molecule has 4 nitrogen and oxygen atoms in total. The number of hydrogen-bond acceptors (Lipinski definition) is 2. The number of aliphatic carboxylic acids is 1. The van der Waals surface area contributed by atoms with Crippen molar-refractivity contribution in [3.63, 3.8) is 0 Å². The number of carbonyl (C=O) groups is 2. The molecule has 1 atom stereocenters. The molecule has 1 rings (SSSR count). The van der Waals surface area contributed by atoms with Crippen molar-refractivity contribution in [1.82, 2.24) is 5.32 Å². The number of amides is 1. The van der Waals surface area contributed by atoms with Crippen LogP contribution in [0.1, 0.15) is 16.8 Å². The highest BCUT2D eigenvalue weighted by molar-refractivity contribution is 9.11. The highest BCUT2D eigenvalue weighted by Crippen LogP contribution is 2.20. The summed E-state index contributed by atoms with van der Waals surface area (Å²) >= 11 is 6.50. The van der Waals surface area contributed by atoms with Crippen LogP contribution in [0.2, 0.25) is 0 Å². The molecule has 1 aromatic rings. The molecule has 2 N–H and O–H groups in total. The maximum atomic E-state index is 11.9. The Morgan fingerprint density at radius 2 is 1.89 bits per heavy atom. The molecule has 94 valence electrons. The number of carbonyl (C=O) groups excluding carboxylic acids is 1. The lowest BCUT2D eigenvalue weighted by molar-refractivity contribution is -0.139. The molecule has 0 aliphatic heterocycles. The van der Waals surface area contributed by atoms with Crippen LogP contribution >= 0.6 is 31.9 Å². The van der Waals surface area contributed by atoms with E-state index in [-0.39, 0.29) is 6.42 Å². The van der Waals surface area contributed by atoms with Gasteiger partial charge in [-0.3, -0.25) is 4.79 Å². The summed E-state index contributed by atoms with van der Waals surface area (Å²) in [5, 5.41) is 11.2.